The Morgan fingerprint density at radius 1 is 1.11 bits per heavy atom. The Morgan fingerprint density at radius 2 is 2.00 bits per heavy atom. The molecule has 0 fully saturated rings. The van der Waals surface area contributed by atoms with Crippen LogP contribution in [-0.2, 0) is 6.54 Å². The molecule has 3 aromatic rings. The van der Waals surface area contributed by atoms with Crippen LogP contribution in [0.2, 0.25) is 0 Å². The van der Waals surface area contributed by atoms with Crippen molar-refractivity contribution in [2.75, 3.05) is 5.32 Å². The van der Waals surface area contributed by atoms with Crippen molar-refractivity contribution >= 4 is 16.7 Å². The molecular formula is C16H15N3. The van der Waals surface area contributed by atoms with E-state index in [-0.39, 0.29) is 0 Å². The van der Waals surface area contributed by atoms with E-state index in [4.69, 9.17) is 0 Å². The number of hydrogen-bond donors (Lipinski definition) is 1. The van der Waals surface area contributed by atoms with E-state index >= 15 is 0 Å². The average Bonchev–Trinajstić information content (AvgIpc) is 2.94. The molecule has 2 aromatic carbocycles. The molecular weight excluding hydrogens is 234 g/mol. The van der Waals surface area contributed by atoms with Gasteiger partial charge in [0.25, 0.3) is 0 Å². The highest BCUT2D eigenvalue weighted by Gasteiger charge is 2.19. The maximum atomic E-state index is 4.35. The van der Waals surface area contributed by atoms with Crippen LogP contribution in [-0.4, -0.2) is 9.55 Å². The van der Waals surface area contributed by atoms with Crippen molar-refractivity contribution < 1.29 is 0 Å². The number of nitrogens with zero attached hydrogens (tertiary/aromatic N) is 2. The van der Waals surface area contributed by atoms with Gasteiger partial charge in [-0.2, -0.15) is 0 Å². The maximum absolute atomic E-state index is 4.35. The SMILES string of the molecule is c1ccc2cc(C3CCn4ccnc4N3)ccc2c1. The summed E-state index contributed by atoms with van der Waals surface area (Å²) in [6, 6.07) is 15.6. The zero-order valence-corrected chi connectivity index (χ0v) is 10.6. The Balaban J connectivity index is 1.71. The molecule has 4 rings (SSSR count). The maximum Gasteiger partial charge on any atom is 0.203 e. The molecule has 0 bridgehead atoms. The number of nitrogens with one attached hydrogen (secondary N) is 1. The number of hydrogen-bond acceptors (Lipinski definition) is 2. The smallest absolute Gasteiger partial charge is 0.203 e. The fourth-order valence-electron chi connectivity index (χ4n) is 2.80. The minimum atomic E-state index is 0.361. The zero-order valence-electron chi connectivity index (χ0n) is 10.6. The Labute approximate surface area is 111 Å². The van der Waals surface area contributed by atoms with Gasteiger partial charge in [-0.05, 0) is 28.8 Å². The Morgan fingerprint density at radius 3 is 2.95 bits per heavy atom. The van der Waals surface area contributed by atoms with Gasteiger partial charge in [0.15, 0.2) is 0 Å². The van der Waals surface area contributed by atoms with E-state index in [0.29, 0.717) is 6.04 Å². The van der Waals surface area contributed by atoms with Crippen LogP contribution in [0.5, 0.6) is 0 Å². The predicted octanol–water partition coefficient (Wildman–Crippen LogP) is 3.59. The summed E-state index contributed by atoms with van der Waals surface area (Å²) in [6.45, 7) is 1.03. The molecule has 19 heavy (non-hydrogen) atoms. The second kappa shape index (κ2) is 4.12. The average molecular weight is 249 g/mol. The fraction of sp³-hybridized carbons (Fsp3) is 0.188. The van der Waals surface area contributed by atoms with E-state index in [9.17, 15) is 0 Å². The van der Waals surface area contributed by atoms with E-state index in [1.54, 1.807) is 0 Å². The van der Waals surface area contributed by atoms with Gasteiger partial charge in [0.1, 0.15) is 0 Å². The van der Waals surface area contributed by atoms with Gasteiger partial charge >= 0.3 is 0 Å². The first-order chi connectivity index (χ1) is 9.40. The van der Waals surface area contributed by atoms with Crippen LogP contribution < -0.4 is 5.32 Å². The minimum Gasteiger partial charge on any atom is -0.349 e. The van der Waals surface area contributed by atoms with Gasteiger partial charge in [-0.15, -0.1) is 0 Å². The number of aromatic nitrogens is 2. The summed E-state index contributed by atoms with van der Waals surface area (Å²) in [5.74, 6) is 0.976. The highest BCUT2D eigenvalue weighted by atomic mass is 15.2. The molecule has 1 aromatic heterocycles. The van der Waals surface area contributed by atoms with Gasteiger partial charge in [0, 0.05) is 18.9 Å². The predicted molar refractivity (Wildman–Crippen MR) is 77.2 cm³/mol. The van der Waals surface area contributed by atoms with Crippen molar-refractivity contribution in [1.82, 2.24) is 9.55 Å². The monoisotopic (exact) mass is 249 g/mol. The summed E-state index contributed by atoms with van der Waals surface area (Å²) in [5, 5.41) is 6.11. The molecule has 0 spiro atoms. The number of aryl methyl sites for hydroxylation is 1. The van der Waals surface area contributed by atoms with Crippen molar-refractivity contribution in [2.45, 2.75) is 19.0 Å². The molecule has 0 saturated heterocycles. The van der Waals surface area contributed by atoms with Crippen LogP contribution in [0.4, 0.5) is 5.95 Å². The summed E-state index contributed by atoms with van der Waals surface area (Å²) in [7, 11) is 0. The topological polar surface area (TPSA) is 29.9 Å². The third-order valence-corrected chi connectivity index (χ3v) is 3.85. The summed E-state index contributed by atoms with van der Waals surface area (Å²) in [4.78, 5) is 4.35. The van der Waals surface area contributed by atoms with Gasteiger partial charge in [0.05, 0.1) is 6.04 Å². The van der Waals surface area contributed by atoms with Gasteiger partial charge in [-0.1, -0.05) is 36.4 Å². The molecule has 1 unspecified atom stereocenters. The first-order valence-corrected chi connectivity index (χ1v) is 6.66. The third-order valence-electron chi connectivity index (χ3n) is 3.85. The Bertz CT molecular complexity index is 729. The van der Waals surface area contributed by atoms with E-state index in [0.717, 1.165) is 18.9 Å². The second-order valence-electron chi connectivity index (χ2n) is 5.04. The summed E-state index contributed by atoms with van der Waals surface area (Å²) in [5.41, 5.74) is 1.34. The molecule has 94 valence electrons. The number of fused-ring (bicyclic) bond motifs is 2. The normalized spacial score (nSPS) is 18.0. The van der Waals surface area contributed by atoms with E-state index in [1.165, 1.54) is 16.3 Å². The van der Waals surface area contributed by atoms with Crippen LogP contribution in [0.3, 0.4) is 0 Å². The first-order valence-electron chi connectivity index (χ1n) is 6.66. The summed E-state index contributed by atoms with van der Waals surface area (Å²) < 4.78 is 2.16. The zero-order chi connectivity index (χ0) is 12.7. The van der Waals surface area contributed by atoms with E-state index in [1.807, 2.05) is 12.4 Å². The van der Waals surface area contributed by atoms with Crippen LogP contribution >= 0.6 is 0 Å². The number of anilines is 1. The molecule has 0 amide bonds. The molecule has 1 aliphatic heterocycles. The fourth-order valence-corrected chi connectivity index (χ4v) is 2.80. The van der Waals surface area contributed by atoms with Crippen molar-refractivity contribution in [1.29, 1.82) is 0 Å². The van der Waals surface area contributed by atoms with Crippen molar-refractivity contribution in [3.05, 3.63) is 60.4 Å². The minimum absolute atomic E-state index is 0.361. The van der Waals surface area contributed by atoms with Crippen LogP contribution in [0.15, 0.2) is 54.9 Å². The van der Waals surface area contributed by atoms with Gasteiger partial charge in [0.2, 0.25) is 5.95 Å². The van der Waals surface area contributed by atoms with Crippen molar-refractivity contribution in [2.24, 2.45) is 0 Å². The Kier molecular flexibility index (Phi) is 2.30. The molecule has 3 heteroatoms. The lowest BCUT2D eigenvalue weighted by molar-refractivity contribution is 0.543. The highest BCUT2D eigenvalue weighted by Crippen LogP contribution is 2.29. The molecule has 1 atom stereocenters. The molecule has 2 heterocycles. The third kappa shape index (κ3) is 1.78. The molecule has 1 N–H and O–H groups in total. The van der Waals surface area contributed by atoms with Crippen LogP contribution in [0.25, 0.3) is 10.8 Å². The van der Waals surface area contributed by atoms with Crippen molar-refractivity contribution in [3.8, 4) is 0 Å². The molecule has 1 aliphatic rings. The van der Waals surface area contributed by atoms with Gasteiger partial charge in [-0.3, -0.25) is 0 Å². The van der Waals surface area contributed by atoms with E-state index < -0.39 is 0 Å². The number of imidazole rings is 1. The van der Waals surface area contributed by atoms with Crippen molar-refractivity contribution in [3.63, 3.8) is 0 Å². The molecule has 0 aliphatic carbocycles. The molecule has 0 saturated carbocycles. The number of rotatable bonds is 1. The largest absolute Gasteiger partial charge is 0.349 e. The van der Waals surface area contributed by atoms with Crippen LogP contribution in [0, 0.1) is 0 Å². The lowest BCUT2D eigenvalue weighted by atomic mass is 9.99. The highest BCUT2D eigenvalue weighted by molar-refractivity contribution is 5.83. The summed E-state index contributed by atoms with van der Waals surface area (Å²) in [6.07, 6.45) is 4.98. The standard InChI is InChI=1S/C16H15N3/c1-2-4-13-11-14(6-5-12(13)3-1)15-7-9-19-10-8-17-16(19)18-15/h1-6,8,10-11,15H,7,9H2,(H,17,18). The lowest BCUT2D eigenvalue weighted by Gasteiger charge is -2.26. The quantitative estimate of drug-likeness (QED) is 0.714. The first kappa shape index (κ1) is 10.6. The Hall–Kier alpha value is -2.29. The lowest BCUT2D eigenvalue weighted by Crippen LogP contribution is -2.21. The van der Waals surface area contributed by atoms with Gasteiger partial charge in [-0.25, -0.2) is 4.98 Å². The second-order valence-corrected chi connectivity index (χ2v) is 5.04. The number of benzene rings is 2. The van der Waals surface area contributed by atoms with Crippen LogP contribution in [0.1, 0.15) is 18.0 Å². The summed E-state index contributed by atoms with van der Waals surface area (Å²) >= 11 is 0. The molecule has 3 nitrogen and oxygen atoms in total. The van der Waals surface area contributed by atoms with E-state index in [2.05, 4.69) is 57.3 Å². The van der Waals surface area contributed by atoms with Gasteiger partial charge < -0.3 is 9.88 Å². The molecule has 0 radical (unpaired) electrons.